The molecule has 1 atom stereocenters. The molecular formula is C23H26N2O5. The van der Waals surface area contributed by atoms with Gasteiger partial charge in [0.1, 0.15) is 5.75 Å². The van der Waals surface area contributed by atoms with Crippen molar-refractivity contribution in [1.29, 1.82) is 0 Å². The van der Waals surface area contributed by atoms with Gasteiger partial charge in [-0.1, -0.05) is 31.2 Å². The van der Waals surface area contributed by atoms with E-state index in [1.165, 1.54) is 6.08 Å². The summed E-state index contributed by atoms with van der Waals surface area (Å²) in [7, 11) is 3.11. The predicted octanol–water partition coefficient (Wildman–Crippen LogP) is 3.04. The Hall–Kier alpha value is -3.48. The first-order valence-electron chi connectivity index (χ1n) is 9.83. The Morgan fingerprint density at radius 3 is 2.70 bits per heavy atom. The molecule has 0 radical (unpaired) electrons. The highest BCUT2D eigenvalue weighted by Crippen LogP contribution is 2.34. The number of rotatable bonds is 7. The van der Waals surface area contributed by atoms with Crippen molar-refractivity contribution in [3.63, 3.8) is 0 Å². The summed E-state index contributed by atoms with van der Waals surface area (Å²) in [6.45, 7) is 2.67. The van der Waals surface area contributed by atoms with Gasteiger partial charge in [-0.3, -0.25) is 9.59 Å². The fourth-order valence-corrected chi connectivity index (χ4v) is 3.24. The number of methoxy groups -OCH3 is 2. The van der Waals surface area contributed by atoms with Crippen molar-refractivity contribution < 1.29 is 23.8 Å². The zero-order chi connectivity index (χ0) is 21.5. The van der Waals surface area contributed by atoms with Gasteiger partial charge in [-0.15, -0.1) is 0 Å². The minimum Gasteiger partial charge on any atom is -0.493 e. The van der Waals surface area contributed by atoms with Gasteiger partial charge in [-0.25, -0.2) is 0 Å². The van der Waals surface area contributed by atoms with Crippen molar-refractivity contribution >= 4 is 23.6 Å². The summed E-state index contributed by atoms with van der Waals surface area (Å²) in [5.41, 5.74) is 1.34. The normalized spacial score (nSPS) is 15.3. The number of amides is 2. The van der Waals surface area contributed by atoms with Crippen LogP contribution in [0.25, 0.3) is 6.08 Å². The number of carbonyl (C=O) groups excluding carboxylic acids is 2. The molecule has 158 valence electrons. The minimum atomic E-state index is -0.768. The Labute approximate surface area is 176 Å². The number of carbonyl (C=O) groups is 2. The highest BCUT2D eigenvalue weighted by atomic mass is 16.5. The topological polar surface area (TPSA) is 77.1 Å². The van der Waals surface area contributed by atoms with Gasteiger partial charge in [-0.05, 0) is 30.7 Å². The Morgan fingerprint density at radius 2 is 1.97 bits per heavy atom. The predicted molar refractivity (Wildman–Crippen MR) is 115 cm³/mol. The summed E-state index contributed by atoms with van der Waals surface area (Å²) in [4.78, 5) is 27.0. The maximum absolute atomic E-state index is 13.1. The van der Waals surface area contributed by atoms with Crippen LogP contribution in [0.2, 0.25) is 0 Å². The second-order valence-electron chi connectivity index (χ2n) is 6.73. The van der Waals surface area contributed by atoms with Crippen molar-refractivity contribution in [3.05, 3.63) is 54.1 Å². The van der Waals surface area contributed by atoms with Crippen LogP contribution >= 0.6 is 0 Å². The summed E-state index contributed by atoms with van der Waals surface area (Å²) in [6, 6.07) is 12.6. The van der Waals surface area contributed by atoms with E-state index in [1.54, 1.807) is 43.4 Å². The Morgan fingerprint density at radius 1 is 1.17 bits per heavy atom. The molecule has 3 rings (SSSR count). The molecule has 2 aromatic carbocycles. The monoisotopic (exact) mass is 410 g/mol. The summed E-state index contributed by atoms with van der Waals surface area (Å²) in [5, 5.41) is 2.83. The average molecular weight is 410 g/mol. The van der Waals surface area contributed by atoms with Crippen LogP contribution in [-0.4, -0.2) is 45.2 Å². The van der Waals surface area contributed by atoms with Crippen molar-refractivity contribution in [3.8, 4) is 17.2 Å². The van der Waals surface area contributed by atoms with Crippen LogP contribution in [0.5, 0.6) is 17.2 Å². The molecule has 1 aliphatic rings. The van der Waals surface area contributed by atoms with Crippen LogP contribution < -0.4 is 24.4 Å². The van der Waals surface area contributed by atoms with Crippen molar-refractivity contribution in [2.45, 2.75) is 19.4 Å². The molecule has 0 bridgehead atoms. The lowest BCUT2D eigenvalue weighted by Crippen LogP contribution is -2.50. The Kier molecular flexibility index (Phi) is 6.95. The van der Waals surface area contributed by atoms with E-state index < -0.39 is 6.10 Å². The van der Waals surface area contributed by atoms with Crippen LogP contribution in [-0.2, 0) is 9.59 Å². The highest BCUT2D eigenvalue weighted by Gasteiger charge is 2.32. The molecule has 0 aliphatic carbocycles. The zero-order valence-corrected chi connectivity index (χ0v) is 17.4. The third-order valence-electron chi connectivity index (χ3n) is 4.72. The van der Waals surface area contributed by atoms with E-state index in [4.69, 9.17) is 14.2 Å². The van der Waals surface area contributed by atoms with Gasteiger partial charge >= 0.3 is 0 Å². The molecule has 7 heteroatoms. The van der Waals surface area contributed by atoms with Crippen LogP contribution in [0.1, 0.15) is 18.9 Å². The lowest BCUT2D eigenvalue weighted by atomic mass is 10.1. The number of ether oxygens (including phenoxy) is 3. The Bertz CT molecular complexity index is 941. The molecule has 0 saturated heterocycles. The SMILES string of the molecule is CCCNC(=O)[C@@H]1CN(C(=O)/C=C/c2cccc(OC)c2OC)c2ccccc2O1. The number of benzene rings is 2. The van der Waals surface area contributed by atoms with Gasteiger partial charge in [0.2, 0.25) is 0 Å². The molecule has 1 heterocycles. The maximum Gasteiger partial charge on any atom is 0.262 e. The van der Waals surface area contributed by atoms with Gasteiger partial charge in [0.15, 0.2) is 17.6 Å². The standard InChI is InChI=1S/C23H26N2O5/c1-4-14-24-23(27)20-15-25(17-9-5-6-10-18(17)30-20)21(26)13-12-16-8-7-11-19(28-2)22(16)29-3/h5-13,20H,4,14-15H2,1-3H3,(H,24,27)/b13-12+/t20-/m0/s1. The van der Waals surface area contributed by atoms with Crippen molar-refractivity contribution in [1.82, 2.24) is 5.32 Å². The summed E-state index contributed by atoms with van der Waals surface area (Å²) < 4.78 is 16.6. The molecule has 0 aromatic heterocycles. The summed E-state index contributed by atoms with van der Waals surface area (Å²) in [6.07, 6.45) is 3.19. The van der Waals surface area contributed by atoms with E-state index in [2.05, 4.69) is 5.32 Å². The fraction of sp³-hybridized carbons (Fsp3) is 0.304. The summed E-state index contributed by atoms with van der Waals surface area (Å²) in [5.74, 6) is 1.13. The molecule has 2 aromatic rings. The van der Waals surface area contributed by atoms with Crippen LogP contribution in [0.3, 0.4) is 0 Å². The fourth-order valence-electron chi connectivity index (χ4n) is 3.24. The van der Waals surface area contributed by atoms with Gasteiger partial charge in [0, 0.05) is 18.2 Å². The molecule has 1 N–H and O–H groups in total. The van der Waals surface area contributed by atoms with Gasteiger partial charge in [0.25, 0.3) is 11.8 Å². The van der Waals surface area contributed by atoms with Gasteiger partial charge in [-0.2, -0.15) is 0 Å². The number of nitrogens with one attached hydrogen (secondary N) is 1. The Balaban J connectivity index is 1.85. The third kappa shape index (κ3) is 4.56. The summed E-state index contributed by atoms with van der Waals surface area (Å²) >= 11 is 0. The smallest absolute Gasteiger partial charge is 0.262 e. The first-order chi connectivity index (χ1) is 14.6. The first kappa shape index (κ1) is 21.2. The number of para-hydroxylation sites is 3. The molecule has 1 aliphatic heterocycles. The highest BCUT2D eigenvalue weighted by molar-refractivity contribution is 6.06. The molecule has 2 amide bonds. The van der Waals surface area contributed by atoms with Crippen molar-refractivity contribution in [2.75, 3.05) is 32.2 Å². The number of anilines is 1. The molecular weight excluding hydrogens is 384 g/mol. The second kappa shape index (κ2) is 9.82. The van der Waals surface area contributed by atoms with E-state index in [0.717, 1.165) is 6.42 Å². The van der Waals surface area contributed by atoms with E-state index in [1.807, 2.05) is 31.2 Å². The quantitative estimate of drug-likeness (QED) is 0.710. The van der Waals surface area contributed by atoms with Crippen LogP contribution in [0.15, 0.2) is 48.5 Å². The van der Waals surface area contributed by atoms with E-state index in [9.17, 15) is 9.59 Å². The number of fused-ring (bicyclic) bond motifs is 1. The minimum absolute atomic E-state index is 0.130. The molecule has 0 fully saturated rings. The molecule has 0 spiro atoms. The molecule has 0 unspecified atom stereocenters. The molecule has 0 saturated carbocycles. The van der Waals surface area contributed by atoms with Gasteiger partial charge < -0.3 is 24.4 Å². The number of hydrogen-bond acceptors (Lipinski definition) is 5. The first-order valence-corrected chi connectivity index (χ1v) is 9.83. The third-order valence-corrected chi connectivity index (χ3v) is 4.72. The number of nitrogens with zero attached hydrogens (tertiary/aromatic N) is 1. The van der Waals surface area contributed by atoms with Gasteiger partial charge in [0.05, 0.1) is 26.5 Å². The lowest BCUT2D eigenvalue weighted by molar-refractivity contribution is -0.128. The van der Waals surface area contributed by atoms with Crippen molar-refractivity contribution in [2.24, 2.45) is 0 Å². The lowest BCUT2D eigenvalue weighted by Gasteiger charge is -2.33. The number of hydrogen-bond donors (Lipinski definition) is 1. The van der Waals surface area contributed by atoms with E-state index >= 15 is 0 Å². The van der Waals surface area contributed by atoms with Crippen LogP contribution in [0.4, 0.5) is 5.69 Å². The van der Waals surface area contributed by atoms with E-state index in [-0.39, 0.29) is 18.4 Å². The zero-order valence-electron chi connectivity index (χ0n) is 17.4. The van der Waals surface area contributed by atoms with E-state index in [0.29, 0.717) is 35.0 Å². The maximum atomic E-state index is 13.1. The molecule has 30 heavy (non-hydrogen) atoms. The second-order valence-corrected chi connectivity index (χ2v) is 6.73. The largest absolute Gasteiger partial charge is 0.493 e. The van der Waals surface area contributed by atoms with Crippen LogP contribution in [0, 0.1) is 0 Å². The molecule has 7 nitrogen and oxygen atoms in total. The average Bonchev–Trinajstić information content (AvgIpc) is 2.79.